The van der Waals surface area contributed by atoms with Crippen molar-refractivity contribution in [2.45, 2.75) is 45.8 Å². The average Bonchev–Trinajstić information content (AvgIpc) is 2.76. The van der Waals surface area contributed by atoms with Crippen molar-refractivity contribution in [1.29, 1.82) is 0 Å². The molecule has 2 aromatic rings. The summed E-state index contributed by atoms with van der Waals surface area (Å²) in [6.45, 7) is 9.85. The van der Waals surface area contributed by atoms with Gasteiger partial charge in [0.05, 0.1) is 23.3 Å². The Morgan fingerprint density at radius 1 is 1.08 bits per heavy atom. The number of rotatable bonds is 3. The van der Waals surface area contributed by atoms with E-state index in [9.17, 15) is 4.39 Å². The molecule has 138 valence electrons. The molecule has 0 aromatic heterocycles. The van der Waals surface area contributed by atoms with Gasteiger partial charge in [-0.25, -0.2) is 4.39 Å². The lowest BCUT2D eigenvalue weighted by Crippen LogP contribution is -2.41. The molecule has 0 aliphatic carbocycles. The number of aryl methyl sites for hydroxylation is 1. The molecule has 6 heteroatoms. The van der Waals surface area contributed by atoms with E-state index in [1.807, 2.05) is 46.8 Å². The Morgan fingerprint density at radius 3 is 2.23 bits per heavy atom. The fourth-order valence-electron chi connectivity index (χ4n) is 3.05. The third-order valence-corrected chi connectivity index (χ3v) is 5.63. The second-order valence-electron chi connectivity index (χ2n) is 7.59. The van der Waals surface area contributed by atoms with Crippen LogP contribution in [0.4, 0.5) is 4.39 Å². The highest BCUT2D eigenvalue weighted by Gasteiger charge is 2.52. The van der Waals surface area contributed by atoms with E-state index in [1.165, 1.54) is 6.07 Å². The smallest absolute Gasteiger partial charge is 0.497 e. The van der Waals surface area contributed by atoms with E-state index in [1.54, 1.807) is 19.2 Å². The normalized spacial score (nSPS) is 18.2. The van der Waals surface area contributed by atoms with Gasteiger partial charge in [-0.1, -0.05) is 23.7 Å². The van der Waals surface area contributed by atoms with E-state index in [4.69, 9.17) is 25.6 Å². The fraction of sp³-hybridized carbons (Fsp3) is 0.400. The maximum atomic E-state index is 14.5. The lowest BCUT2D eigenvalue weighted by atomic mass is 9.76. The molecular weight excluding hydrogens is 353 g/mol. The van der Waals surface area contributed by atoms with Crippen LogP contribution in [0.3, 0.4) is 0 Å². The minimum atomic E-state index is -0.611. The Labute approximate surface area is 159 Å². The molecule has 0 N–H and O–H groups in total. The lowest BCUT2D eigenvalue weighted by Gasteiger charge is -2.32. The van der Waals surface area contributed by atoms with Crippen molar-refractivity contribution in [1.82, 2.24) is 0 Å². The molecule has 1 saturated heterocycles. The van der Waals surface area contributed by atoms with Gasteiger partial charge in [0.1, 0.15) is 11.6 Å². The van der Waals surface area contributed by atoms with Crippen LogP contribution in [0.5, 0.6) is 5.75 Å². The molecule has 0 saturated carbocycles. The molecule has 2 aromatic carbocycles. The molecule has 26 heavy (non-hydrogen) atoms. The Bertz CT molecular complexity index is 815. The number of ether oxygens (including phenoxy) is 1. The molecule has 1 aliphatic heterocycles. The van der Waals surface area contributed by atoms with Gasteiger partial charge in [0.15, 0.2) is 0 Å². The highest BCUT2D eigenvalue weighted by molar-refractivity contribution is 6.63. The molecule has 1 fully saturated rings. The summed E-state index contributed by atoms with van der Waals surface area (Å²) in [4.78, 5) is 0. The van der Waals surface area contributed by atoms with Gasteiger partial charge in [0.25, 0.3) is 0 Å². The van der Waals surface area contributed by atoms with Crippen LogP contribution in [0.15, 0.2) is 30.3 Å². The van der Waals surface area contributed by atoms with Gasteiger partial charge in [0.2, 0.25) is 0 Å². The molecular formula is C20H23BClFO3. The van der Waals surface area contributed by atoms with Crippen LogP contribution < -0.4 is 10.2 Å². The second kappa shape index (κ2) is 6.56. The molecule has 0 spiro atoms. The monoisotopic (exact) mass is 376 g/mol. The summed E-state index contributed by atoms with van der Waals surface area (Å²) in [7, 11) is 0.985. The molecule has 1 aliphatic rings. The Balaban J connectivity index is 2.16. The van der Waals surface area contributed by atoms with Crippen LogP contribution in [0.1, 0.15) is 33.3 Å². The summed E-state index contributed by atoms with van der Waals surface area (Å²) in [5.74, 6) is 0.267. The predicted octanol–water partition coefficient (Wildman–Crippen LogP) is 4.76. The van der Waals surface area contributed by atoms with E-state index in [0.29, 0.717) is 27.4 Å². The SMILES string of the molecule is COc1cc(C)c(-c2c(F)cccc2Cl)cc1B1OC(C)(C)C(C)(C)O1. The molecule has 1 heterocycles. The van der Waals surface area contributed by atoms with Gasteiger partial charge in [-0.05, 0) is 63.9 Å². The Hall–Kier alpha value is -1.56. The van der Waals surface area contributed by atoms with Crippen molar-refractivity contribution < 1.29 is 18.4 Å². The number of halogens is 2. The summed E-state index contributed by atoms with van der Waals surface area (Å²) >= 11 is 6.28. The van der Waals surface area contributed by atoms with Gasteiger partial charge in [-0.3, -0.25) is 0 Å². The highest BCUT2D eigenvalue weighted by atomic mass is 35.5. The van der Waals surface area contributed by atoms with Crippen molar-refractivity contribution in [2.75, 3.05) is 7.11 Å². The van der Waals surface area contributed by atoms with Crippen LogP contribution in [0, 0.1) is 12.7 Å². The number of methoxy groups -OCH3 is 1. The van der Waals surface area contributed by atoms with Crippen molar-refractivity contribution in [3.05, 3.63) is 46.7 Å². The average molecular weight is 377 g/mol. The summed E-state index contributed by atoms with van der Waals surface area (Å²) in [6.07, 6.45) is 0. The zero-order valence-corrected chi connectivity index (χ0v) is 16.7. The van der Waals surface area contributed by atoms with Gasteiger partial charge in [-0.15, -0.1) is 0 Å². The maximum Gasteiger partial charge on any atom is 0.498 e. The van der Waals surface area contributed by atoms with Gasteiger partial charge in [0, 0.05) is 11.0 Å². The predicted molar refractivity (Wildman–Crippen MR) is 104 cm³/mol. The molecule has 3 nitrogen and oxygen atoms in total. The largest absolute Gasteiger partial charge is 0.498 e. The summed E-state index contributed by atoms with van der Waals surface area (Å²) < 4.78 is 32.3. The first-order chi connectivity index (χ1) is 12.1. The number of hydrogen-bond acceptors (Lipinski definition) is 3. The second-order valence-corrected chi connectivity index (χ2v) is 8.00. The Morgan fingerprint density at radius 2 is 1.69 bits per heavy atom. The summed E-state index contributed by atoms with van der Waals surface area (Å²) in [5, 5.41) is 0.359. The first-order valence-electron chi connectivity index (χ1n) is 8.56. The topological polar surface area (TPSA) is 27.7 Å². The van der Waals surface area contributed by atoms with Crippen molar-refractivity contribution >= 4 is 24.2 Å². The third-order valence-electron chi connectivity index (χ3n) is 5.32. The third kappa shape index (κ3) is 3.13. The van der Waals surface area contributed by atoms with E-state index in [0.717, 1.165) is 5.56 Å². The Kier molecular flexibility index (Phi) is 4.84. The standard InChI is InChI=1S/C20H23BClFO3/c1-12-10-17(24-6)14(21-25-19(2,3)20(4,5)26-21)11-13(12)18-15(22)8-7-9-16(18)23/h7-11H,1-6H3. The highest BCUT2D eigenvalue weighted by Crippen LogP contribution is 2.39. The van der Waals surface area contributed by atoms with Crippen LogP contribution in [0.25, 0.3) is 11.1 Å². The van der Waals surface area contributed by atoms with Crippen LogP contribution >= 0.6 is 11.6 Å². The first kappa shape index (κ1) is 19.2. The number of benzene rings is 2. The van der Waals surface area contributed by atoms with Crippen molar-refractivity contribution in [3.8, 4) is 16.9 Å². The van der Waals surface area contributed by atoms with Gasteiger partial charge in [-0.2, -0.15) is 0 Å². The molecule has 0 radical (unpaired) electrons. The summed E-state index contributed by atoms with van der Waals surface area (Å²) in [6, 6.07) is 8.38. The molecule has 0 amide bonds. The minimum absolute atomic E-state index is 0.359. The zero-order valence-electron chi connectivity index (χ0n) is 15.9. The van der Waals surface area contributed by atoms with Gasteiger partial charge >= 0.3 is 7.12 Å². The van der Waals surface area contributed by atoms with E-state index in [2.05, 4.69) is 0 Å². The van der Waals surface area contributed by atoms with Crippen LogP contribution in [-0.4, -0.2) is 25.4 Å². The van der Waals surface area contributed by atoms with Crippen molar-refractivity contribution in [2.24, 2.45) is 0 Å². The van der Waals surface area contributed by atoms with E-state index in [-0.39, 0.29) is 5.82 Å². The molecule has 0 unspecified atom stereocenters. The first-order valence-corrected chi connectivity index (χ1v) is 8.94. The maximum absolute atomic E-state index is 14.5. The van der Waals surface area contributed by atoms with Crippen molar-refractivity contribution in [3.63, 3.8) is 0 Å². The fourth-order valence-corrected chi connectivity index (χ4v) is 3.32. The van der Waals surface area contributed by atoms with Crippen LogP contribution in [-0.2, 0) is 9.31 Å². The summed E-state index contributed by atoms with van der Waals surface area (Å²) in [5.41, 5.74) is 1.66. The van der Waals surface area contributed by atoms with E-state index < -0.39 is 18.3 Å². The molecule has 0 bridgehead atoms. The minimum Gasteiger partial charge on any atom is -0.497 e. The van der Waals surface area contributed by atoms with Gasteiger partial charge < -0.3 is 14.0 Å². The molecule has 0 atom stereocenters. The van der Waals surface area contributed by atoms with Crippen LogP contribution in [0.2, 0.25) is 5.02 Å². The number of hydrogen-bond donors (Lipinski definition) is 0. The van der Waals surface area contributed by atoms with E-state index >= 15 is 0 Å². The lowest BCUT2D eigenvalue weighted by molar-refractivity contribution is 0.00578. The zero-order chi connectivity index (χ0) is 19.3. The quantitative estimate of drug-likeness (QED) is 0.723. The molecule has 3 rings (SSSR count).